The molecule has 0 fully saturated rings. The molecule has 4 nitrogen and oxygen atoms in total. The number of rotatable bonds is 1. The van der Waals surface area contributed by atoms with Crippen molar-refractivity contribution in [3.05, 3.63) is 35.0 Å². The van der Waals surface area contributed by atoms with Crippen LogP contribution in [0.3, 0.4) is 0 Å². The molecule has 0 aliphatic carbocycles. The van der Waals surface area contributed by atoms with Crippen molar-refractivity contribution in [2.75, 3.05) is 5.73 Å². The molecule has 2 aromatic heterocycles. The highest BCUT2D eigenvalue weighted by molar-refractivity contribution is 6.00. The third-order valence-corrected chi connectivity index (χ3v) is 3.73. The lowest BCUT2D eigenvalue weighted by Crippen LogP contribution is -1.96. The molecule has 3 aromatic rings. The number of nitrogen functional groups attached to an aromatic ring is 1. The van der Waals surface area contributed by atoms with Gasteiger partial charge in [0.25, 0.3) is 0 Å². The van der Waals surface area contributed by atoms with Gasteiger partial charge in [0, 0.05) is 35.3 Å². The van der Waals surface area contributed by atoms with Gasteiger partial charge in [-0.25, -0.2) is 0 Å². The van der Waals surface area contributed by atoms with E-state index in [2.05, 4.69) is 43.0 Å². The predicted octanol–water partition coefficient (Wildman–Crippen LogP) is 3.08. The fourth-order valence-corrected chi connectivity index (χ4v) is 2.66. The summed E-state index contributed by atoms with van der Waals surface area (Å²) in [7, 11) is 1.86. The number of anilines is 1. The molecule has 0 atom stereocenters. The Hall–Kier alpha value is -2.23. The van der Waals surface area contributed by atoms with E-state index in [1.165, 1.54) is 22.0 Å². The first-order chi connectivity index (χ1) is 8.99. The monoisotopic (exact) mass is 254 g/mol. The van der Waals surface area contributed by atoms with Crippen LogP contribution in [0.5, 0.6) is 0 Å². The first-order valence-electron chi connectivity index (χ1n) is 6.37. The van der Waals surface area contributed by atoms with E-state index in [1.807, 2.05) is 13.1 Å². The third kappa shape index (κ3) is 1.63. The Labute approximate surface area is 112 Å². The zero-order valence-electron chi connectivity index (χ0n) is 11.7. The Morgan fingerprint density at radius 1 is 1.16 bits per heavy atom. The molecule has 0 saturated heterocycles. The normalized spacial score (nSPS) is 11.4. The second-order valence-electron chi connectivity index (χ2n) is 5.15. The van der Waals surface area contributed by atoms with Crippen molar-refractivity contribution in [2.45, 2.75) is 20.8 Å². The van der Waals surface area contributed by atoms with E-state index in [-0.39, 0.29) is 0 Å². The summed E-state index contributed by atoms with van der Waals surface area (Å²) in [6, 6.07) is 6.22. The number of aromatic amines is 1. The number of nitrogens with one attached hydrogen (secondary N) is 1. The average Bonchev–Trinajstić information content (AvgIpc) is 2.86. The summed E-state index contributed by atoms with van der Waals surface area (Å²) in [5, 5.41) is 5.75. The summed E-state index contributed by atoms with van der Waals surface area (Å²) in [4.78, 5) is 3.47. The van der Waals surface area contributed by atoms with E-state index in [1.54, 1.807) is 4.68 Å². The number of nitrogens with zero attached hydrogens (tertiary/aromatic N) is 2. The summed E-state index contributed by atoms with van der Waals surface area (Å²) in [6.07, 6.45) is 0. The summed E-state index contributed by atoms with van der Waals surface area (Å²) in [6.45, 7) is 6.33. The lowest BCUT2D eigenvalue weighted by Gasteiger charge is -2.02. The van der Waals surface area contributed by atoms with E-state index in [4.69, 9.17) is 5.73 Å². The number of hydrogen-bond acceptors (Lipinski definition) is 2. The fraction of sp³-hybridized carbons (Fsp3) is 0.267. The molecule has 0 saturated carbocycles. The number of benzene rings is 1. The van der Waals surface area contributed by atoms with Crippen molar-refractivity contribution < 1.29 is 0 Å². The summed E-state index contributed by atoms with van der Waals surface area (Å²) < 4.78 is 1.71. The zero-order chi connectivity index (χ0) is 13.7. The van der Waals surface area contributed by atoms with Gasteiger partial charge in [-0.15, -0.1) is 0 Å². The van der Waals surface area contributed by atoms with E-state index in [0.29, 0.717) is 5.82 Å². The molecule has 2 heterocycles. The van der Waals surface area contributed by atoms with Gasteiger partial charge in [-0.3, -0.25) is 4.68 Å². The summed E-state index contributed by atoms with van der Waals surface area (Å²) >= 11 is 0. The Kier molecular flexibility index (Phi) is 2.42. The van der Waals surface area contributed by atoms with Crippen molar-refractivity contribution in [3.63, 3.8) is 0 Å². The molecule has 0 aliphatic rings. The predicted molar refractivity (Wildman–Crippen MR) is 79.1 cm³/mol. The minimum absolute atomic E-state index is 0.675. The van der Waals surface area contributed by atoms with Gasteiger partial charge in [0.2, 0.25) is 0 Å². The van der Waals surface area contributed by atoms with Crippen molar-refractivity contribution in [1.29, 1.82) is 0 Å². The number of hydrogen-bond donors (Lipinski definition) is 2. The SMILES string of the molecule is Cc1[nH]c2c(C)ccc(C)c2c1-c1cc(N)n(C)n1. The maximum absolute atomic E-state index is 5.90. The lowest BCUT2D eigenvalue weighted by atomic mass is 10.0. The summed E-state index contributed by atoms with van der Waals surface area (Å²) in [5.74, 6) is 0.675. The van der Waals surface area contributed by atoms with Crippen LogP contribution in [0, 0.1) is 20.8 Å². The molecule has 4 heteroatoms. The molecule has 0 bridgehead atoms. The molecule has 1 aromatic carbocycles. The van der Waals surface area contributed by atoms with Crippen LogP contribution in [0.4, 0.5) is 5.82 Å². The first-order valence-corrected chi connectivity index (χ1v) is 6.37. The van der Waals surface area contributed by atoms with Crippen LogP contribution >= 0.6 is 0 Å². The Morgan fingerprint density at radius 3 is 2.47 bits per heavy atom. The van der Waals surface area contributed by atoms with E-state index < -0.39 is 0 Å². The molecule has 0 spiro atoms. The molecule has 3 N–H and O–H groups in total. The van der Waals surface area contributed by atoms with Crippen LogP contribution in [-0.4, -0.2) is 14.8 Å². The average molecular weight is 254 g/mol. The number of aromatic nitrogens is 3. The van der Waals surface area contributed by atoms with Gasteiger partial charge < -0.3 is 10.7 Å². The van der Waals surface area contributed by atoms with Crippen LogP contribution < -0.4 is 5.73 Å². The second kappa shape index (κ2) is 3.88. The number of H-pyrrole nitrogens is 1. The Morgan fingerprint density at radius 2 is 1.84 bits per heavy atom. The highest BCUT2D eigenvalue weighted by Crippen LogP contribution is 2.35. The fourth-order valence-electron chi connectivity index (χ4n) is 2.66. The maximum atomic E-state index is 5.90. The molecule has 0 radical (unpaired) electrons. The highest BCUT2D eigenvalue weighted by atomic mass is 15.3. The zero-order valence-corrected chi connectivity index (χ0v) is 11.7. The Bertz CT molecular complexity index is 758. The number of nitrogens with two attached hydrogens (primary N) is 1. The van der Waals surface area contributed by atoms with Gasteiger partial charge in [-0.2, -0.15) is 5.10 Å². The van der Waals surface area contributed by atoms with Crippen molar-refractivity contribution in [2.24, 2.45) is 7.05 Å². The molecular formula is C15H18N4. The second-order valence-corrected chi connectivity index (χ2v) is 5.15. The minimum Gasteiger partial charge on any atom is -0.384 e. The van der Waals surface area contributed by atoms with Crippen molar-refractivity contribution >= 4 is 16.7 Å². The summed E-state index contributed by atoms with van der Waals surface area (Å²) in [5.41, 5.74) is 12.8. The van der Waals surface area contributed by atoms with Crippen LogP contribution in [0.25, 0.3) is 22.2 Å². The topological polar surface area (TPSA) is 59.6 Å². The van der Waals surface area contributed by atoms with Crippen LogP contribution in [0.1, 0.15) is 16.8 Å². The Balaban J connectivity index is 2.41. The van der Waals surface area contributed by atoms with Gasteiger partial charge in [-0.05, 0) is 31.9 Å². The van der Waals surface area contributed by atoms with Gasteiger partial charge in [0.15, 0.2) is 0 Å². The van der Waals surface area contributed by atoms with E-state index in [0.717, 1.165) is 17.0 Å². The number of aryl methyl sites for hydroxylation is 4. The standard InChI is InChI=1S/C15H18N4/c1-8-5-6-9(2)15-13(8)14(10(3)17-15)11-7-12(16)19(4)18-11/h5-7,17H,16H2,1-4H3. The molecule has 0 aliphatic heterocycles. The molecule has 19 heavy (non-hydrogen) atoms. The molecule has 98 valence electrons. The van der Waals surface area contributed by atoms with Gasteiger partial charge in [0.05, 0.1) is 5.69 Å². The quantitative estimate of drug-likeness (QED) is 0.701. The van der Waals surface area contributed by atoms with E-state index >= 15 is 0 Å². The van der Waals surface area contributed by atoms with Crippen LogP contribution in [0.15, 0.2) is 18.2 Å². The largest absolute Gasteiger partial charge is 0.384 e. The van der Waals surface area contributed by atoms with Gasteiger partial charge in [0.1, 0.15) is 5.82 Å². The molecule has 0 unspecified atom stereocenters. The molecule has 3 rings (SSSR count). The van der Waals surface area contributed by atoms with Gasteiger partial charge >= 0.3 is 0 Å². The first kappa shape index (κ1) is 11.8. The van der Waals surface area contributed by atoms with Crippen molar-refractivity contribution in [3.8, 4) is 11.3 Å². The molecular weight excluding hydrogens is 236 g/mol. The van der Waals surface area contributed by atoms with E-state index in [9.17, 15) is 0 Å². The van der Waals surface area contributed by atoms with Crippen LogP contribution in [0.2, 0.25) is 0 Å². The molecule has 0 amide bonds. The highest BCUT2D eigenvalue weighted by Gasteiger charge is 2.16. The number of fused-ring (bicyclic) bond motifs is 1. The van der Waals surface area contributed by atoms with Crippen molar-refractivity contribution in [1.82, 2.24) is 14.8 Å². The maximum Gasteiger partial charge on any atom is 0.121 e. The smallest absolute Gasteiger partial charge is 0.121 e. The lowest BCUT2D eigenvalue weighted by molar-refractivity contribution is 0.782. The van der Waals surface area contributed by atoms with Gasteiger partial charge in [-0.1, -0.05) is 12.1 Å². The minimum atomic E-state index is 0.675. The van der Waals surface area contributed by atoms with Crippen LogP contribution in [-0.2, 0) is 7.05 Å². The third-order valence-electron chi connectivity index (χ3n) is 3.73.